The fourth-order valence-corrected chi connectivity index (χ4v) is 3.23. The van der Waals surface area contributed by atoms with Crippen LogP contribution in [-0.4, -0.2) is 66.0 Å². The van der Waals surface area contributed by atoms with Gasteiger partial charge in [0, 0.05) is 25.3 Å². The van der Waals surface area contributed by atoms with Gasteiger partial charge < -0.3 is 15.2 Å². The zero-order valence-corrected chi connectivity index (χ0v) is 14.7. The van der Waals surface area contributed by atoms with Crippen LogP contribution < -0.4 is 10.6 Å². The van der Waals surface area contributed by atoms with Gasteiger partial charge in [-0.1, -0.05) is 6.07 Å². The van der Waals surface area contributed by atoms with Crippen molar-refractivity contribution in [3.05, 3.63) is 29.3 Å². The van der Waals surface area contributed by atoms with Crippen LogP contribution in [0.4, 0.5) is 5.69 Å². The van der Waals surface area contributed by atoms with Crippen LogP contribution in [-0.2, 0) is 14.3 Å². The number of nitrogens with one attached hydrogen (secondary N) is 2. The Kier molecular flexibility index (Phi) is 5.82. The molecule has 1 aromatic carbocycles. The summed E-state index contributed by atoms with van der Waals surface area (Å²) >= 11 is 0. The van der Waals surface area contributed by atoms with Gasteiger partial charge in [0.05, 0.1) is 24.3 Å². The summed E-state index contributed by atoms with van der Waals surface area (Å²) in [5, 5.41) is 14.0. The highest BCUT2D eigenvalue weighted by Gasteiger charge is 2.45. The van der Waals surface area contributed by atoms with E-state index in [9.17, 15) is 19.2 Å². The number of carbonyl (C=O) groups is 4. The third-order valence-corrected chi connectivity index (χ3v) is 4.48. The number of hydrogen-bond acceptors (Lipinski definition) is 7. The van der Waals surface area contributed by atoms with Crippen molar-refractivity contribution in [3.8, 4) is 0 Å². The Hall–Kier alpha value is -2.78. The zero-order chi connectivity index (χ0) is 19.4. The average Bonchev–Trinajstić information content (AvgIpc) is 2.90. The Morgan fingerprint density at radius 2 is 2.00 bits per heavy atom. The molecule has 4 amide bonds. The highest BCUT2D eigenvalue weighted by molar-refractivity contribution is 6.25. The number of benzene rings is 1. The Morgan fingerprint density at radius 3 is 2.74 bits per heavy atom. The number of carbonyl (C=O) groups excluding carboxylic acids is 4. The maximum Gasteiger partial charge on any atom is 0.264 e. The SMILES string of the molecule is O=C1CCC(N2C(=O)c3cccc(NCCCOCCO)c3C2=O)C(=O)N1. The molecule has 9 heteroatoms. The van der Waals surface area contributed by atoms with Crippen molar-refractivity contribution in [2.45, 2.75) is 25.3 Å². The molecule has 1 atom stereocenters. The molecule has 27 heavy (non-hydrogen) atoms. The van der Waals surface area contributed by atoms with Gasteiger partial charge in [0.15, 0.2) is 0 Å². The van der Waals surface area contributed by atoms with Crippen LogP contribution in [0.15, 0.2) is 18.2 Å². The lowest BCUT2D eigenvalue weighted by atomic mass is 10.0. The Bertz CT molecular complexity index is 778. The molecule has 2 aliphatic heterocycles. The predicted octanol–water partition coefficient (Wildman–Crippen LogP) is -0.101. The molecule has 144 valence electrons. The van der Waals surface area contributed by atoms with Crippen molar-refractivity contribution in [2.75, 3.05) is 31.7 Å². The molecule has 0 saturated carbocycles. The van der Waals surface area contributed by atoms with Gasteiger partial charge in [-0.15, -0.1) is 0 Å². The Labute approximate surface area is 155 Å². The first-order valence-corrected chi connectivity index (χ1v) is 8.81. The molecule has 2 heterocycles. The van der Waals surface area contributed by atoms with Crippen LogP contribution in [0.1, 0.15) is 40.0 Å². The molecule has 1 aromatic rings. The zero-order valence-electron chi connectivity index (χ0n) is 14.7. The second kappa shape index (κ2) is 8.28. The summed E-state index contributed by atoms with van der Waals surface area (Å²) in [6.45, 7) is 1.21. The van der Waals surface area contributed by atoms with Crippen LogP contribution in [0, 0.1) is 0 Å². The van der Waals surface area contributed by atoms with Crippen LogP contribution in [0.2, 0.25) is 0 Å². The van der Waals surface area contributed by atoms with Crippen LogP contribution in [0.5, 0.6) is 0 Å². The molecule has 3 N–H and O–H groups in total. The second-order valence-corrected chi connectivity index (χ2v) is 6.29. The third-order valence-electron chi connectivity index (χ3n) is 4.48. The summed E-state index contributed by atoms with van der Waals surface area (Å²) in [5.74, 6) is -2.10. The molecule has 1 unspecified atom stereocenters. The van der Waals surface area contributed by atoms with Crippen molar-refractivity contribution in [1.82, 2.24) is 10.2 Å². The van der Waals surface area contributed by atoms with Crippen molar-refractivity contribution in [3.63, 3.8) is 0 Å². The molecule has 0 aliphatic carbocycles. The summed E-state index contributed by atoms with van der Waals surface area (Å²) in [7, 11) is 0. The summed E-state index contributed by atoms with van der Waals surface area (Å²) in [6, 6.07) is 3.95. The van der Waals surface area contributed by atoms with Gasteiger partial charge >= 0.3 is 0 Å². The van der Waals surface area contributed by atoms with E-state index in [1.165, 1.54) is 0 Å². The molecule has 3 rings (SSSR count). The third kappa shape index (κ3) is 3.83. The van der Waals surface area contributed by atoms with E-state index in [4.69, 9.17) is 9.84 Å². The Balaban J connectivity index is 1.72. The number of hydrogen-bond donors (Lipinski definition) is 3. The number of fused-ring (bicyclic) bond motifs is 1. The van der Waals surface area contributed by atoms with Gasteiger partial charge in [0.2, 0.25) is 11.8 Å². The number of ether oxygens (including phenoxy) is 1. The van der Waals surface area contributed by atoms with E-state index in [1.54, 1.807) is 18.2 Å². The number of rotatable bonds is 8. The van der Waals surface area contributed by atoms with Gasteiger partial charge in [-0.25, -0.2) is 0 Å². The average molecular weight is 375 g/mol. The molecule has 2 aliphatic rings. The van der Waals surface area contributed by atoms with E-state index in [2.05, 4.69) is 10.6 Å². The normalized spacial score (nSPS) is 19.3. The summed E-state index contributed by atoms with van der Waals surface area (Å²) in [5.41, 5.74) is 0.998. The first kappa shape index (κ1) is 19.0. The number of piperidine rings is 1. The fourth-order valence-electron chi connectivity index (χ4n) is 3.23. The summed E-state index contributed by atoms with van der Waals surface area (Å²) < 4.78 is 5.18. The molecule has 0 radical (unpaired) electrons. The monoisotopic (exact) mass is 375 g/mol. The Morgan fingerprint density at radius 1 is 1.19 bits per heavy atom. The number of anilines is 1. The first-order chi connectivity index (χ1) is 13.0. The summed E-state index contributed by atoms with van der Waals surface area (Å²) in [4.78, 5) is 49.9. The molecule has 0 aromatic heterocycles. The topological polar surface area (TPSA) is 125 Å². The summed E-state index contributed by atoms with van der Waals surface area (Å²) in [6.07, 6.45) is 0.868. The fraction of sp³-hybridized carbons (Fsp3) is 0.444. The lowest BCUT2D eigenvalue weighted by Crippen LogP contribution is -2.54. The quantitative estimate of drug-likeness (QED) is 0.428. The van der Waals surface area contributed by atoms with E-state index in [0.29, 0.717) is 25.3 Å². The first-order valence-electron chi connectivity index (χ1n) is 8.81. The van der Waals surface area contributed by atoms with Gasteiger partial charge in [-0.05, 0) is 25.0 Å². The van der Waals surface area contributed by atoms with Crippen molar-refractivity contribution in [1.29, 1.82) is 0 Å². The van der Waals surface area contributed by atoms with Gasteiger partial charge in [0.25, 0.3) is 11.8 Å². The van der Waals surface area contributed by atoms with Crippen LogP contribution >= 0.6 is 0 Å². The number of aliphatic hydroxyl groups excluding tert-OH is 1. The number of imide groups is 2. The minimum absolute atomic E-state index is 0.0353. The smallest absolute Gasteiger partial charge is 0.264 e. The highest BCUT2D eigenvalue weighted by Crippen LogP contribution is 2.32. The van der Waals surface area contributed by atoms with E-state index in [1.807, 2.05) is 0 Å². The van der Waals surface area contributed by atoms with Crippen LogP contribution in [0.25, 0.3) is 0 Å². The van der Waals surface area contributed by atoms with Crippen molar-refractivity contribution < 1.29 is 29.0 Å². The molecule has 1 fully saturated rings. The standard InChI is InChI=1S/C18H21N3O6/c22-8-10-27-9-2-7-19-12-4-1-3-11-15(12)18(26)21(17(11)25)13-5-6-14(23)20-16(13)24/h1,3-4,13,19,22H,2,5-10H2,(H,20,23,24). The molecule has 0 spiro atoms. The van der Waals surface area contributed by atoms with Gasteiger partial charge in [0.1, 0.15) is 6.04 Å². The van der Waals surface area contributed by atoms with E-state index in [-0.39, 0.29) is 37.2 Å². The molecular formula is C18H21N3O6. The number of aliphatic hydroxyl groups is 1. The van der Waals surface area contributed by atoms with Crippen molar-refractivity contribution in [2.24, 2.45) is 0 Å². The maximum absolute atomic E-state index is 12.9. The molecule has 9 nitrogen and oxygen atoms in total. The predicted molar refractivity (Wildman–Crippen MR) is 94.1 cm³/mol. The number of nitrogens with zero attached hydrogens (tertiary/aromatic N) is 1. The molecule has 0 bridgehead atoms. The largest absolute Gasteiger partial charge is 0.394 e. The lowest BCUT2D eigenvalue weighted by molar-refractivity contribution is -0.136. The highest BCUT2D eigenvalue weighted by atomic mass is 16.5. The van der Waals surface area contributed by atoms with E-state index >= 15 is 0 Å². The maximum atomic E-state index is 12.9. The molecule has 1 saturated heterocycles. The van der Waals surface area contributed by atoms with Gasteiger partial charge in [-0.2, -0.15) is 0 Å². The van der Waals surface area contributed by atoms with Crippen LogP contribution in [0.3, 0.4) is 0 Å². The van der Waals surface area contributed by atoms with E-state index < -0.39 is 29.7 Å². The van der Waals surface area contributed by atoms with Gasteiger partial charge in [-0.3, -0.25) is 29.4 Å². The second-order valence-electron chi connectivity index (χ2n) is 6.29. The van der Waals surface area contributed by atoms with Crippen molar-refractivity contribution >= 4 is 29.3 Å². The molecular weight excluding hydrogens is 354 g/mol. The minimum atomic E-state index is -0.977. The lowest BCUT2D eigenvalue weighted by Gasteiger charge is -2.27. The minimum Gasteiger partial charge on any atom is -0.394 e. The number of amides is 4. The van der Waals surface area contributed by atoms with E-state index in [0.717, 1.165) is 4.90 Å².